The van der Waals surface area contributed by atoms with Crippen molar-refractivity contribution in [1.82, 2.24) is 15.2 Å². The number of rotatable bonds is 8. The summed E-state index contributed by atoms with van der Waals surface area (Å²) in [4.78, 5) is 17.0. The second kappa shape index (κ2) is 9.95. The van der Waals surface area contributed by atoms with E-state index in [0.717, 1.165) is 16.9 Å². The highest BCUT2D eigenvalue weighted by Crippen LogP contribution is 2.24. The second-order valence-electron chi connectivity index (χ2n) is 6.88. The fourth-order valence-corrected chi connectivity index (χ4v) is 3.58. The Morgan fingerprint density at radius 3 is 2.39 bits per heavy atom. The molecular formula is C24H22N4O2S. The number of aromatic nitrogens is 3. The van der Waals surface area contributed by atoms with Crippen LogP contribution in [0, 0.1) is 0 Å². The highest BCUT2D eigenvalue weighted by molar-refractivity contribution is 8.00. The summed E-state index contributed by atoms with van der Waals surface area (Å²) < 4.78 is 5.78. The molecule has 7 heteroatoms. The van der Waals surface area contributed by atoms with Gasteiger partial charge in [0.15, 0.2) is 5.82 Å². The van der Waals surface area contributed by atoms with Crippen molar-refractivity contribution in [1.29, 1.82) is 0 Å². The zero-order chi connectivity index (χ0) is 21.5. The average molecular weight is 431 g/mol. The third-order valence-electron chi connectivity index (χ3n) is 4.53. The SMILES string of the molecule is C[C@H](Sc1n[nH]c(-c2ccccc2)n1)C(=O)Nc1ccc(OCc2ccccc2)cc1. The van der Waals surface area contributed by atoms with Crippen LogP contribution in [-0.2, 0) is 11.4 Å². The van der Waals surface area contributed by atoms with Gasteiger partial charge in [-0.05, 0) is 36.8 Å². The van der Waals surface area contributed by atoms with Crippen LogP contribution < -0.4 is 10.1 Å². The van der Waals surface area contributed by atoms with Crippen molar-refractivity contribution < 1.29 is 9.53 Å². The molecule has 0 aliphatic heterocycles. The van der Waals surface area contributed by atoms with Gasteiger partial charge in [0.05, 0.1) is 5.25 Å². The third kappa shape index (κ3) is 5.73. The Hall–Kier alpha value is -3.58. The maximum atomic E-state index is 12.6. The molecule has 4 aromatic rings. The number of carbonyl (C=O) groups excluding carboxylic acids is 1. The van der Waals surface area contributed by atoms with Crippen LogP contribution in [0.3, 0.4) is 0 Å². The van der Waals surface area contributed by atoms with E-state index in [4.69, 9.17) is 4.74 Å². The third-order valence-corrected chi connectivity index (χ3v) is 5.49. The zero-order valence-corrected chi connectivity index (χ0v) is 17.8. The molecular weight excluding hydrogens is 408 g/mol. The Balaban J connectivity index is 1.29. The van der Waals surface area contributed by atoms with Crippen LogP contribution in [-0.4, -0.2) is 26.3 Å². The van der Waals surface area contributed by atoms with Gasteiger partial charge in [0.25, 0.3) is 0 Å². The van der Waals surface area contributed by atoms with Gasteiger partial charge in [-0.25, -0.2) is 4.98 Å². The van der Waals surface area contributed by atoms with Crippen LogP contribution in [0.2, 0.25) is 0 Å². The summed E-state index contributed by atoms with van der Waals surface area (Å²) in [5.74, 6) is 1.31. The van der Waals surface area contributed by atoms with Gasteiger partial charge in [0.1, 0.15) is 12.4 Å². The number of H-pyrrole nitrogens is 1. The van der Waals surface area contributed by atoms with Crippen LogP contribution in [0.15, 0.2) is 90.1 Å². The van der Waals surface area contributed by atoms with Crippen molar-refractivity contribution in [2.75, 3.05) is 5.32 Å². The van der Waals surface area contributed by atoms with E-state index in [9.17, 15) is 4.79 Å². The number of aromatic amines is 1. The molecule has 0 aliphatic carbocycles. The first kappa shape index (κ1) is 20.7. The molecule has 156 valence electrons. The molecule has 6 nitrogen and oxygen atoms in total. The van der Waals surface area contributed by atoms with Gasteiger partial charge in [-0.3, -0.25) is 9.89 Å². The maximum Gasteiger partial charge on any atom is 0.237 e. The van der Waals surface area contributed by atoms with Gasteiger partial charge in [0, 0.05) is 11.3 Å². The van der Waals surface area contributed by atoms with Crippen LogP contribution in [0.4, 0.5) is 5.69 Å². The number of thioether (sulfide) groups is 1. The molecule has 1 aromatic heterocycles. The second-order valence-corrected chi connectivity index (χ2v) is 8.19. The first-order chi connectivity index (χ1) is 15.2. The molecule has 31 heavy (non-hydrogen) atoms. The number of hydrogen-bond acceptors (Lipinski definition) is 5. The lowest BCUT2D eigenvalue weighted by Crippen LogP contribution is -2.22. The van der Waals surface area contributed by atoms with Crippen LogP contribution in [0.25, 0.3) is 11.4 Å². The average Bonchev–Trinajstić information content (AvgIpc) is 3.28. The highest BCUT2D eigenvalue weighted by Gasteiger charge is 2.17. The van der Waals surface area contributed by atoms with Gasteiger partial charge >= 0.3 is 0 Å². The summed E-state index contributed by atoms with van der Waals surface area (Å²) in [5.41, 5.74) is 2.77. The van der Waals surface area contributed by atoms with Crippen molar-refractivity contribution in [3.8, 4) is 17.1 Å². The van der Waals surface area contributed by atoms with E-state index < -0.39 is 0 Å². The molecule has 0 saturated heterocycles. The zero-order valence-electron chi connectivity index (χ0n) is 17.0. The van der Waals surface area contributed by atoms with Crippen molar-refractivity contribution in [3.63, 3.8) is 0 Å². The Labute approximate surface area is 185 Å². The normalized spacial score (nSPS) is 11.6. The topological polar surface area (TPSA) is 79.9 Å². The molecule has 1 amide bonds. The molecule has 1 atom stereocenters. The number of benzene rings is 3. The monoisotopic (exact) mass is 430 g/mol. The first-order valence-electron chi connectivity index (χ1n) is 9.89. The molecule has 1 heterocycles. The Morgan fingerprint density at radius 2 is 1.68 bits per heavy atom. The largest absolute Gasteiger partial charge is 0.489 e. The number of nitrogens with one attached hydrogen (secondary N) is 2. The van der Waals surface area contributed by atoms with Crippen molar-refractivity contribution in [2.45, 2.75) is 23.9 Å². The van der Waals surface area contributed by atoms with Gasteiger partial charge in [0.2, 0.25) is 11.1 Å². The number of carbonyl (C=O) groups is 1. The fraction of sp³-hybridized carbons (Fsp3) is 0.125. The van der Waals surface area contributed by atoms with E-state index in [1.165, 1.54) is 11.8 Å². The molecule has 3 aromatic carbocycles. The summed E-state index contributed by atoms with van der Waals surface area (Å²) in [6.45, 7) is 2.33. The molecule has 0 saturated carbocycles. The highest BCUT2D eigenvalue weighted by atomic mass is 32.2. The molecule has 0 spiro atoms. The van der Waals surface area contributed by atoms with E-state index in [1.807, 2.05) is 91.9 Å². The maximum absolute atomic E-state index is 12.6. The lowest BCUT2D eigenvalue weighted by Gasteiger charge is -2.11. The minimum absolute atomic E-state index is 0.117. The number of nitrogens with zero attached hydrogens (tertiary/aromatic N) is 2. The molecule has 0 bridgehead atoms. The Bertz CT molecular complexity index is 1120. The molecule has 0 fully saturated rings. The summed E-state index contributed by atoms with van der Waals surface area (Å²) in [6.07, 6.45) is 0. The standard InChI is InChI=1S/C24H22N4O2S/c1-17(31-24-26-22(27-28-24)19-10-6-3-7-11-19)23(29)25-20-12-14-21(15-13-20)30-16-18-8-4-2-5-9-18/h2-15,17H,16H2,1H3,(H,25,29)(H,26,27,28)/t17-/m0/s1. The van der Waals surface area contributed by atoms with Crippen LogP contribution in [0.1, 0.15) is 12.5 Å². The van der Waals surface area contributed by atoms with E-state index in [2.05, 4.69) is 20.5 Å². The van der Waals surface area contributed by atoms with Gasteiger partial charge in [-0.1, -0.05) is 72.4 Å². The quantitative estimate of drug-likeness (QED) is 0.377. The van der Waals surface area contributed by atoms with Crippen molar-refractivity contribution in [2.24, 2.45) is 0 Å². The Kier molecular flexibility index (Phi) is 6.64. The summed E-state index contributed by atoms with van der Waals surface area (Å²) >= 11 is 1.31. The van der Waals surface area contributed by atoms with Gasteiger partial charge in [-0.2, -0.15) is 0 Å². The first-order valence-corrected chi connectivity index (χ1v) is 10.8. The van der Waals surface area contributed by atoms with E-state index in [1.54, 1.807) is 0 Å². The number of ether oxygens (including phenoxy) is 1. The van der Waals surface area contributed by atoms with E-state index in [0.29, 0.717) is 23.3 Å². The molecule has 0 unspecified atom stereocenters. The summed E-state index contributed by atoms with van der Waals surface area (Å²) in [6, 6.07) is 27.1. The predicted octanol–water partition coefficient (Wildman–Crippen LogP) is 5.17. The summed E-state index contributed by atoms with van der Waals surface area (Å²) in [5, 5.41) is 10.2. The van der Waals surface area contributed by atoms with Crippen molar-refractivity contribution >= 4 is 23.4 Å². The summed E-state index contributed by atoms with van der Waals surface area (Å²) in [7, 11) is 0. The molecule has 2 N–H and O–H groups in total. The number of hydrogen-bond donors (Lipinski definition) is 2. The number of anilines is 1. The molecule has 0 aliphatic rings. The van der Waals surface area contributed by atoms with Gasteiger partial charge < -0.3 is 10.1 Å². The molecule has 0 radical (unpaired) electrons. The van der Waals surface area contributed by atoms with Crippen LogP contribution in [0.5, 0.6) is 5.75 Å². The van der Waals surface area contributed by atoms with E-state index in [-0.39, 0.29) is 11.2 Å². The van der Waals surface area contributed by atoms with Gasteiger partial charge in [-0.15, -0.1) is 5.10 Å². The minimum atomic E-state index is -0.353. The molecule has 4 rings (SSSR count). The van der Waals surface area contributed by atoms with Crippen LogP contribution >= 0.6 is 11.8 Å². The van der Waals surface area contributed by atoms with E-state index >= 15 is 0 Å². The Morgan fingerprint density at radius 1 is 1.00 bits per heavy atom. The smallest absolute Gasteiger partial charge is 0.237 e. The number of amides is 1. The lowest BCUT2D eigenvalue weighted by molar-refractivity contribution is -0.115. The van der Waals surface area contributed by atoms with Crippen molar-refractivity contribution in [3.05, 3.63) is 90.5 Å². The predicted molar refractivity (Wildman–Crippen MR) is 123 cm³/mol. The minimum Gasteiger partial charge on any atom is -0.489 e. The lowest BCUT2D eigenvalue weighted by atomic mass is 10.2. The fourth-order valence-electron chi connectivity index (χ4n) is 2.86.